The van der Waals surface area contributed by atoms with Crippen LogP contribution in [-0.4, -0.2) is 58.6 Å². The van der Waals surface area contributed by atoms with E-state index in [0.717, 1.165) is 55.3 Å². The third kappa shape index (κ3) is 8.78. The summed E-state index contributed by atoms with van der Waals surface area (Å²) in [6, 6.07) is 35.4. The van der Waals surface area contributed by atoms with E-state index in [1.54, 1.807) is 36.8 Å². The number of nitrogens with zero attached hydrogens (tertiary/aromatic N) is 3. The average molecular weight is 787 g/mol. The maximum Gasteiger partial charge on any atom is 0.291 e. The number of para-hydroxylation sites is 2. The van der Waals surface area contributed by atoms with Gasteiger partial charge in [0.1, 0.15) is 5.58 Å². The summed E-state index contributed by atoms with van der Waals surface area (Å²) in [6.07, 6.45) is 9.32. The van der Waals surface area contributed by atoms with Gasteiger partial charge < -0.3 is 34.1 Å². The van der Waals surface area contributed by atoms with E-state index in [4.69, 9.17) is 13.9 Å². The summed E-state index contributed by atoms with van der Waals surface area (Å²) in [5.41, 5.74) is 6.55. The molecule has 0 spiro atoms. The molecular weight excluding hydrogens is 745 g/mol. The lowest BCUT2D eigenvalue weighted by Crippen LogP contribution is -2.28. The molecule has 0 bridgehead atoms. The van der Waals surface area contributed by atoms with Crippen molar-refractivity contribution in [1.82, 2.24) is 19.4 Å². The Morgan fingerprint density at radius 2 is 1.54 bits per heavy atom. The minimum absolute atomic E-state index is 0.117. The predicted octanol–water partition coefficient (Wildman–Crippen LogP) is 8.27. The Morgan fingerprint density at radius 3 is 2.34 bits per heavy atom. The molecule has 0 atom stereocenters. The SMILES string of the molecule is COc1cc(NC(=O)c2cc(=O)c3ccccc3o2)c(C(=O)Nc2ccc(CCN(CCc3c[nH]c4ccccc34)Cc3cccc(-n4ccnc4)c3)cc2)cc1OC. The number of benzene rings is 5. The number of nitrogens with one attached hydrogen (secondary N) is 3. The van der Waals surface area contributed by atoms with Crippen molar-refractivity contribution in [3.63, 3.8) is 0 Å². The van der Waals surface area contributed by atoms with Crippen molar-refractivity contribution in [2.75, 3.05) is 37.9 Å². The van der Waals surface area contributed by atoms with Gasteiger partial charge in [0.05, 0.1) is 37.2 Å². The minimum atomic E-state index is -0.708. The molecule has 0 aliphatic heterocycles. The molecule has 12 heteroatoms. The number of imidazole rings is 1. The van der Waals surface area contributed by atoms with E-state index in [2.05, 4.69) is 74.2 Å². The highest BCUT2D eigenvalue weighted by Gasteiger charge is 2.21. The highest BCUT2D eigenvalue weighted by molar-refractivity contribution is 6.12. The van der Waals surface area contributed by atoms with Crippen LogP contribution in [0.5, 0.6) is 11.5 Å². The molecule has 0 unspecified atom stereocenters. The van der Waals surface area contributed by atoms with E-state index in [1.165, 1.54) is 42.9 Å². The van der Waals surface area contributed by atoms with Crippen molar-refractivity contribution >= 4 is 45.1 Å². The van der Waals surface area contributed by atoms with Crippen molar-refractivity contribution in [1.29, 1.82) is 0 Å². The number of anilines is 2. The molecule has 8 aromatic rings. The summed E-state index contributed by atoms with van der Waals surface area (Å²) in [6.45, 7) is 2.45. The standard InChI is InChI=1S/C47H42N6O6/c1-57-43-25-38(40(26-44(43)58-2)51-47(56)45-27-41(54)37-11-4-6-13-42(37)59-45)46(55)50-34-16-14-31(15-17-34)18-21-52(22-19-33-28-49-39-12-5-3-10-36(33)39)29-32-8-7-9-35(24-32)53-23-20-48-30-53/h3-17,20,23-28,30,49H,18-19,21-22,29H2,1-2H3,(H,50,55)(H,51,56). The van der Waals surface area contributed by atoms with E-state index < -0.39 is 11.8 Å². The molecule has 8 rings (SSSR count). The van der Waals surface area contributed by atoms with Gasteiger partial charge in [-0.1, -0.05) is 54.6 Å². The number of carbonyl (C=O) groups is 2. The molecule has 0 radical (unpaired) electrons. The van der Waals surface area contributed by atoms with Crippen molar-refractivity contribution < 1.29 is 23.5 Å². The second-order valence-corrected chi connectivity index (χ2v) is 14.1. The van der Waals surface area contributed by atoms with Gasteiger partial charge in [0.15, 0.2) is 22.7 Å². The van der Waals surface area contributed by atoms with Gasteiger partial charge in [-0.15, -0.1) is 0 Å². The van der Waals surface area contributed by atoms with E-state index in [9.17, 15) is 14.4 Å². The Balaban J connectivity index is 0.969. The number of hydrogen-bond donors (Lipinski definition) is 3. The lowest BCUT2D eigenvalue weighted by Gasteiger charge is -2.23. The topological polar surface area (TPSA) is 144 Å². The molecule has 3 aromatic heterocycles. The van der Waals surface area contributed by atoms with Crippen LogP contribution in [0.2, 0.25) is 0 Å². The fourth-order valence-corrected chi connectivity index (χ4v) is 7.18. The van der Waals surface area contributed by atoms with Crippen LogP contribution in [0.4, 0.5) is 11.4 Å². The van der Waals surface area contributed by atoms with Crippen LogP contribution >= 0.6 is 0 Å². The van der Waals surface area contributed by atoms with Crippen LogP contribution in [0.25, 0.3) is 27.6 Å². The van der Waals surface area contributed by atoms with Crippen LogP contribution < -0.4 is 25.5 Å². The first kappa shape index (κ1) is 38.4. The summed E-state index contributed by atoms with van der Waals surface area (Å²) >= 11 is 0. The maximum absolute atomic E-state index is 13.8. The summed E-state index contributed by atoms with van der Waals surface area (Å²) < 4.78 is 18.7. The monoisotopic (exact) mass is 786 g/mol. The second-order valence-electron chi connectivity index (χ2n) is 14.1. The molecule has 0 saturated heterocycles. The molecule has 0 aliphatic rings. The average Bonchev–Trinajstić information content (AvgIpc) is 3.96. The van der Waals surface area contributed by atoms with Crippen LogP contribution in [0.15, 0.2) is 149 Å². The number of methoxy groups -OCH3 is 2. The molecular formula is C47H42N6O6. The van der Waals surface area contributed by atoms with E-state index in [1.807, 2.05) is 41.1 Å². The summed E-state index contributed by atoms with van der Waals surface area (Å²) in [4.78, 5) is 50.0. The van der Waals surface area contributed by atoms with E-state index in [0.29, 0.717) is 22.6 Å². The van der Waals surface area contributed by atoms with Crippen LogP contribution in [0.3, 0.4) is 0 Å². The molecule has 0 fully saturated rings. The van der Waals surface area contributed by atoms with Gasteiger partial charge in [0.25, 0.3) is 11.8 Å². The summed E-state index contributed by atoms with van der Waals surface area (Å²) in [5, 5.41) is 7.27. The molecule has 59 heavy (non-hydrogen) atoms. The first-order valence-corrected chi connectivity index (χ1v) is 19.2. The molecule has 2 amide bonds. The molecule has 0 saturated carbocycles. The van der Waals surface area contributed by atoms with Gasteiger partial charge in [0, 0.05) is 72.6 Å². The van der Waals surface area contributed by atoms with Crippen molar-refractivity contribution in [3.05, 3.63) is 178 Å². The minimum Gasteiger partial charge on any atom is -0.493 e. The zero-order valence-electron chi connectivity index (χ0n) is 32.6. The molecule has 296 valence electrons. The Labute approximate surface area is 340 Å². The largest absolute Gasteiger partial charge is 0.493 e. The normalized spacial score (nSPS) is 11.2. The van der Waals surface area contributed by atoms with Gasteiger partial charge >= 0.3 is 0 Å². The lowest BCUT2D eigenvalue weighted by molar-refractivity contribution is 0.0997. The first-order valence-electron chi connectivity index (χ1n) is 19.2. The van der Waals surface area contributed by atoms with Crippen LogP contribution in [0, 0.1) is 0 Å². The molecule has 12 nitrogen and oxygen atoms in total. The Kier molecular flexibility index (Phi) is 11.3. The number of aromatic amines is 1. The van der Waals surface area contributed by atoms with Gasteiger partial charge in [-0.3, -0.25) is 19.3 Å². The van der Waals surface area contributed by atoms with Gasteiger partial charge in [-0.25, -0.2) is 4.98 Å². The van der Waals surface area contributed by atoms with Crippen molar-refractivity contribution in [2.45, 2.75) is 19.4 Å². The Bertz CT molecular complexity index is 2810. The number of amides is 2. The molecule has 5 aromatic carbocycles. The maximum atomic E-state index is 13.8. The fourth-order valence-electron chi connectivity index (χ4n) is 7.18. The van der Waals surface area contributed by atoms with Crippen LogP contribution in [-0.2, 0) is 19.4 Å². The van der Waals surface area contributed by atoms with Gasteiger partial charge in [-0.05, 0) is 78.1 Å². The highest BCUT2D eigenvalue weighted by atomic mass is 16.5. The zero-order valence-corrected chi connectivity index (χ0v) is 32.6. The lowest BCUT2D eigenvalue weighted by atomic mass is 10.1. The Morgan fingerprint density at radius 1 is 0.780 bits per heavy atom. The van der Waals surface area contributed by atoms with Crippen LogP contribution in [0.1, 0.15) is 37.6 Å². The Hall–Kier alpha value is -7.44. The summed E-state index contributed by atoms with van der Waals surface area (Å²) in [7, 11) is 2.92. The van der Waals surface area contributed by atoms with Gasteiger partial charge in [-0.2, -0.15) is 0 Å². The number of carbonyl (C=O) groups excluding carboxylic acids is 2. The van der Waals surface area contributed by atoms with Crippen molar-refractivity contribution in [2.24, 2.45) is 0 Å². The number of rotatable bonds is 15. The number of aromatic nitrogens is 3. The third-order valence-corrected chi connectivity index (χ3v) is 10.3. The van der Waals surface area contributed by atoms with E-state index >= 15 is 0 Å². The second kappa shape index (κ2) is 17.4. The number of hydrogen-bond acceptors (Lipinski definition) is 8. The molecule has 0 aliphatic carbocycles. The third-order valence-electron chi connectivity index (χ3n) is 10.3. The highest BCUT2D eigenvalue weighted by Crippen LogP contribution is 2.34. The fraction of sp³-hybridized carbons (Fsp3) is 0.149. The molecule has 3 N–H and O–H groups in total. The first-order chi connectivity index (χ1) is 28.8. The smallest absolute Gasteiger partial charge is 0.291 e. The molecule has 3 heterocycles. The predicted molar refractivity (Wildman–Crippen MR) is 229 cm³/mol. The summed E-state index contributed by atoms with van der Waals surface area (Å²) in [5.74, 6) is -0.809. The number of fused-ring (bicyclic) bond motifs is 2. The zero-order chi connectivity index (χ0) is 40.7. The number of H-pyrrole nitrogens is 1. The van der Waals surface area contributed by atoms with E-state index in [-0.39, 0.29) is 28.0 Å². The quantitative estimate of drug-likeness (QED) is 0.0943. The van der Waals surface area contributed by atoms with Gasteiger partial charge in [0.2, 0.25) is 0 Å². The number of ether oxygens (including phenoxy) is 2. The van der Waals surface area contributed by atoms with Crippen molar-refractivity contribution in [3.8, 4) is 17.2 Å².